The van der Waals surface area contributed by atoms with E-state index in [-0.39, 0.29) is 12.8 Å². The van der Waals surface area contributed by atoms with Crippen LogP contribution in [0.25, 0.3) is 0 Å². The molecule has 1 aromatic rings. The molecule has 0 spiro atoms. The monoisotopic (exact) mass is 251 g/mol. The fraction of sp³-hybridized carbons (Fsp3) is 0.500. The highest BCUT2D eigenvalue weighted by atomic mass is 16.4. The van der Waals surface area contributed by atoms with E-state index in [0.717, 1.165) is 11.3 Å². The van der Waals surface area contributed by atoms with Crippen LogP contribution in [0.1, 0.15) is 24.0 Å². The lowest BCUT2D eigenvalue weighted by molar-refractivity contribution is -0.137. The van der Waals surface area contributed by atoms with Crippen molar-refractivity contribution < 1.29 is 15.0 Å². The standard InChI is InChI=1S/C14H21NO3/c1-10-4-5-11(2)13(8-10)15(3)9-12(16)6-7-14(17)18/h4-5,8,12,16H,6-7,9H2,1-3H3,(H,17,18). The quantitative estimate of drug-likeness (QED) is 0.811. The number of aliphatic hydroxyl groups is 1. The molecule has 0 heterocycles. The Labute approximate surface area is 108 Å². The van der Waals surface area contributed by atoms with Crippen molar-refractivity contribution >= 4 is 11.7 Å². The molecule has 0 fully saturated rings. The smallest absolute Gasteiger partial charge is 0.303 e. The first-order valence-electron chi connectivity index (χ1n) is 6.08. The first kappa shape index (κ1) is 14.5. The van der Waals surface area contributed by atoms with E-state index >= 15 is 0 Å². The molecule has 0 radical (unpaired) electrons. The van der Waals surface area contributed by atoms with E-state index in [1.54, 1.807) is 0 Å². The third-order valence-electron chi connectivity index (χ3n) is 2.95. The fourth-order valence-electron chi connectivity index (χ4n) is 1.93. The summed E-state index contributed by atoms with van der Waals surface area (Å²) < 4.78 is 0. The number of hydrogen-bond donors (Lipinski definition) is 2. The van der Waals surface area contributed by atoms with E-state index in [1.165, 1.54) is 5.56 Å². The normalized spacial score (nSPS) is 12.2. The highest BCUT2D eigenvalue weighted by molar-refractivity contribution is 5.66. The lowest BCUT2D eigenvalue weighted by atomic mass is 10.1. The molecule has 18 heavy (non-hydrogen) atoms. The summed E-state index contributed by atoms with van der Waals surface area (Å²) in [4.78, 5) is 12.4. The van der Waals surface area contributed by atoms with Gasteiger partial charge < -0.3 is 15.1 Å². The topological polar surface area (TPSA) is 60.8 Å². The number of anilines is 1. The minimum absolute atomic E-state index is 0.00179. The zero-order valence-electron chi connectivity index (χ0n) is 11.2. The Hall–Kier alpha value is -1.55. The summed E-state index contributed by atoms with van der Waals surface area (Å²) >= 11 is 0. The molecule has 1 atom stereocenters. The molecule has 0 aromatic heterocycles. The molecular weight excluding hydrogens is 230 g/mol. The van der Waals surface area contributed by atoms with Gasteiger partial charge in [0.25, 0.3) is 0 Å². The van der Waals surface area contributed by atoms with Crippen LogP contribution >= 0.6 is 0 Å². The number of carbonyl (C=O) groups is 1. The molecule has 1 unspecified atom stereocenters. The van der Waals surface area contributed by atoms with Crippen LogP contribution in [0.4, 0.5) is 5.69 Å². The van der Waals surface area contributed by atoms with Gasteiger partial charge in [-0.05, 0) is 37.5 Å². The summed E-state index contributed by atoms with van der Waals surface area (Å²) in [5.74, 6) is -0.872. The first-order valence-corrected chi connectivity index (χ1v) is 6.08. The van der Waals surface area contributed by atoms with Crippen molar-refractivity contribution in [2.24, 2.45) is 0 Å². The van der Waals surface area contributed by atoms with Gasteiger partial charge >= 0.3 is 5.97 Å². The second-order valence-corrected chi connectivity index (χ2v) is 4.76. The fourth-order valence-corrected chi connectivity index (χ4v) is 1.93. The lowest BCUT2D eigenvalue weighted by Gasteiger charge is -2.24. The molecule has 0 saturated heterocycles. The van der Waals surface area contributed by atoms with Gasteiger partial charge in [-0.25, -0.2) is 0 Å². The molecule has 0 saturated carbocycles. The Morgan fingerprint density at radius 3 is 2.67 bits per heavy atom. The third kappa shape index (κ3) is 4.37. The van der Waals surface area contributed by atoms with E-state index in [2.05, 4.69) is 6.07 Å². The van der Waals surface area contributed by atoms with Gasteiger partial charge in [0.2, 0.25) is 0 Å². The summed E-state index contributed by atoms with van der Waals surface area (Å²) in [7, 11) is 1.91. The van der Waals surface area contributed by atoms with Crippen LogP contribution in [0.2, 0.25) is 0 Å². The van der Waals surface area contributed by atoms with Crippen LogP contribution in [-0.2, 0) is 4.79 Å². The van der Waals surface area contributed by atoms with Crippen molar-refractivity contribution in [2.75, 3.05) is 18.5 Å². The number of nitrogens with zero attached hydrogens (tertiary/aromatic N) is 1. The van der Waals surface area contributed by atoms with Crippen LogP contribution in [-0.4, -0.2) is 35.9 Å². The van der Waals surface area contributed by atoms with Crippen molar-refractivity contribution in [3.63, 3.8) is 0 Å². The van der Waals surface area contributed by atoms with E-state index in [1.807, 2.05) is 37.9 Å². The average molecular weight is 251 g/mol. The van der Waals surface area contributed by atoms with Crippen molar-refractivity contribution in [3.05, 3.63) is 29.3 Å². The SMILES string of the molecule is Cc1ccc(C)c(N(C)CC(O)CCC(=O)O)c1. The number of benzene rings is 1. The molecule has 0 aliphatic carbocycles. The van der Waals surface area contributed by atoms with E-state index in [0.29, 0.717) is 6.54 Å². The Kier molecular flexibility index (Phi) is 5.16. The maximum Gasteiger partial charge on any atom is 0.303 e. The van der Waals surface area contributed by atoms with Gasteiger partial charge in [-0.2, -0.15) is 0 Å². The molecule has 2 N–H and O–H groups in total. The average Bonchev–Trinajstić information content (AvgIpc) is 2.29. The summed E-state index contributed by atoms with van der Waals surface area (Å²) in [6.07, 6.45) is -0.335. The van der Waals surface area contributed by atoms with Crippen molar-refractivity contribution in [3.8, 4) is 0 Å². The van der Waals surface area contributed by atoms with Crippen LogP contribution in [0.5, 0.6) is 0 Å². The van der Waals surface area contributed by atoms with Gasteiger partial charge in [0.05, 0.1) is 6.10 Å². The molecule has 1 aromatic carbocycles. The first-order chi connectivity index (χ1) is 8.40. The molecule has 0 aliphatic rings. The zero-order valence-corrected chi connectivity index (χ0v) is 11.2. The van der Waals surface area contributed by atoms with Gasteiger partial charge in [0, 0.05) is 25.7 Å². The molecular formula is C14H21NO3. The third-order valence-corrected chi connectivity index (χ3v) is 2.95. The van der Waals surface area contributed by atoms with Gasteiger partial charge in [0.1, 0.15) is 0 Å². The van der Waals surface area contributed by atoms with Crippen LogP contribution in [0.15, 0.2) is 18.2 Å². The van der Waals surface area contributed by atoms with Gasteiger partial charge in [-0.1, -0.05) is 12.1 Å². The maximum absolute atomic E-state index is 10.4. The molecule has 0 bridgehead atoms. The highest BCUT2D eigenvalue weighted by Crippen LogP contribution is 2.20. The van der Waals surface area contributed by atoms with Gasteiger partial charge in [-0.3, -0.25) is 4.79 Å². The summed E-state index contributed by atoms with van der Waals surface area (Å²) in [5.41, 5.74) is 3.39. The summed E-state index contributed by atoms with van der Waals surface area (Å²) in [5, 5.41) is 18.4. The second-order valence-electron chi connectivity index (χ2n) is 4.76. The number of aryl methyl sites for hydroxylation is 2. The number of aliphatic hydroxyl groups excluding tert-OH is 1. The number of rotatable bonds is 6. The largest absolute Gasteiger partial charge is 0.481 e. The van der Waals surface area contributed by atoms with E-state index in [9.17, 15) is 9.90 Å². The number of likely N-dealkylation sites (N-methyl/N-ethyl adjacent to an activating group) is 1. The number of carboxylic acid groups (broad SMARTS) is 1. The van der Waals surface area contributed by atoms with Gasteiger partial charge in [-0.15, -0.1) is 0 Å². The van der Waals surface area contributed by atoms with Gasteiger partial charge in [0.15, 0.2) is 0 Å². The Bertz CT molecular complexity index is 418. The number of carboxylic acids is 1. The van der Waals surface area contributed by atoms with E-state index in [4.69, 9.17) is 5.11 Å². The van der Waals surface area contributed by atoms with Crippen molar-refractivity contribution in [2.45, 2.75) is 32.8 Å². The molecule has 4 nitrogen and oxygen atoms in total. The second kappa shape index (κ2) is 6.40. The Morgan fingerprint density at radius 2 is 2.06 bits per heavy atom. The Balaban J connectivity index is 2.61. The zero-order chi connectivity index (χ0) is 13.7. The van der Waals surface area contributed by atoms with Crippen molar-refractivity contribution in [1.29, 1.82) is 0 Å². The maximum atomic E-state index is 10.4. The van der Waals surface area contributed by atoms with Crippen LogP contribution in [0.3, 0.4) is 0 Å². The molecule has 4 heteroatoms. The highest BCUT2D eigenvalue weighted by Gasteiger charge is 2.12. The molecule has 0 aliphatic heterocycles. The predicted molar refractivity (Wildman–Crippen MR) is 72.1 cm³/mol. The van der Waals surface area contributed by atoms with Crippen LogP contribution < -0.4 is 4.90 Å². The minimum atomic E-state index is -0.872. The lowest BCUT2D eigenvalue weighted by Crippen LogP contribution is -2.29. The van der Waals surface area contributed by atoms with E-state index < -0.39 is 12.1 Å². The summed E-state index contributed by atoms with van der Waals surface area (Å²) in [6.45, 7) is 4.49. The summed E-state index contributed by atoms with van der Waals surface area (Å²) in [6, 6.07) is 6.16. The minimum Gasteiger partial charge on any atom is -0.481 e. The molecule has 100 valence electrons. The number of hydrogen-bond acceptors (Lipinski definition) is 3. The van der Waals surface area contributed by atoms with Crippen molar-refractivity contribution in [1.82, 2.24) is 0 Å². The number of aliphatic carboxylic acids is 1. The van der Waals surface area contributed by atoms with Crippen LogP contribution in [0, 0.1) is 13.8 Å². The molecule has 1 rings (SSSR count). The predicted octanol–water partition coefficient (Wildman–Crippen LogP) is 1.97. The molecule has 0 amide bonds. The Morgan fingerprint density at radius 1 is 1.39 bits per heavy atom.